The largest absolute Gasteiger partial charge is 0.497 e. The van der Waals surface area contributed by atoms with E-state index in [1.807, 2.05) is 0 Å². The van der Waals surface area contributed by atoms with Crippen molar-refractivity contribution in [3.8, 4) is 11.5 Å². The maximum Gasteiger partial charge on any atom is 0.326 e. The lowest BCUT2D eigenvalue weighted by Crippen LogP contribution is -2.45. The quantitative estimate of drug-likeness (QED) is 0.263. The third-order valence-corrected chi connectivity index (χ3v) is 6.54. The summed E-state index contributed by atoms with van der Waals surface area (Å²) in [6.07, 6.45) is 0. The van der Waals surface area contributed by atoms with Gasteiger partial charge in [-0.1, -0.05) is 24.3 Å². The van der Waals surface area contributed by atoms with E-state index >= 15 is 0 Å². The molecule has 1 heterocycles. The number of hydrogen-bond donors (Lipinski definition) is 2. The van der Waals surface area contributed by atoms with Gasteiger partial charge in [-0.15, -0.1) is 0 Å². The second-order valence-electron chi connectivity index (χ2n) is 8.79. The third-order valence-electron chi connectivity index (χ3n) is 6.54. The van der Waals surface area contributed by atoms with Crippen LogP contribution in [0.2, 0.25) is 0 Å². The molecule has 3 aromatic carbocycles. The number of benzene rings is 3. The number of nitro benzene ring substituents is 1. The molecule has 2 N–H and O–H groups in total. The number of nitrogens with one attached hydrogen (secondary N) is 2. The topological polar surface area (TPSA) is 140 Å². The van der Waals surface area contributed by atoms with Crippen molar-refractivity contribution in [3.05, 3.63) is 93.0 Å². The molecule has 0 aromatic heterocycles. The summed E-state index contributed by atoms with van der Waals surface area (Å²) in [6.45, 7) is 2.83. The van der Waals surface area contributed by atoms with E-state index in [9.17, 15) is 24.5 Å². The van der Waals surface area contributed by atoms with Crippen LogP contribution < -0.4 is 20.1 Å². The van der Waals surface area contributed by atoms with Gasteiger partial charge in [0.15, 0.2) is 5.54 Å². The van der Waals surface area contributed by atoms with Gasteiger partial charge < -0.3 is 20.1 Å². The number of ether oxygens (including phenoxy) is 2. The summed E-state index contributed by atoms with van der Waals surface area (Å²) in [4.78, 5) is 51.7. The maximum absolute atomic E-state index is 13.9. The number of carbonyl (C=O) groups excluding carboxylic acids is 3. The Hall–Kier alpha value is -4.93. The van der Waals surface area contributed by atoms with E-state index in [1.165, 1.54) is 26.4 Å². The lowest BCUT2D eigenvalue weighted by molar-refractivity contribution is -0.384. The van der Waals surface area contributed by atoms with Crippen molar-refractivity contribution >= 4 is 29.2 Å². The van der Waals surface area contributed by atoms with Crippen LogP contribution in [0.5, 0.6) is 11.5 Å². The van der Waals surface area contributed by atoms with Gasteiger partial charge in [-0.2, -0.15) is 0 Å². The Balaban J connectivity index is 1.68. The first-order valence-electron chi connectivity index (χ1n) is 11.6. The number of urea groups is 1. The zero-order valence-electron chi connectivity index (χ0n) is 21.2. The van der Waals surface area contributed by atoms with Gasteiger partial charge in [-0.05, 0) is 66.4 Å². The smallest absolute Gasteiger partial charge is 0.326 e. The molecule has 11 heteroatoms. The molecule has 0 aliphatic carbocycles. The molecule has 1 aliphatic rings. The maximum atomic E-state index is 13.9. The van der Waals surface area contributed by atoms with E-state index in [0.29, 0.717) is 28.2 Å². The number of methoxy groups -OCH3 is 2. The molecule has 4 amide bonds. The molecule has 1 saturated heterocycles. The van der Waals surface area contributed by atoms with Gasteiger partial charge in [0.1, 0.15) is 23.7 Å². The Morgan fingerprint density at radius 1 is 0.947 bits per heavy atom. The number of hydrogen-bond acceptors (Lipinski definition) is 7. The van der Waals surface area contributed by atoms with Gasteiger partial charge in [0, 0.05) is 6.07 Å². The fourth-order valence-corrected chi connectivity index (χ4v) is 4.35. The molecule has 1 fully saturated rings. The highest BCUT2D eigenvalue weighted by atomic mass is 16.6. The zero-order chi connectivity index (χ0) is 27.6. The Kier molecular flexibility index (Phi) is 7.02. The summed E-state index contributed by atoms with van der Waals surface area (Å²) >= 11 is 0. The molecule has 0 spiro atoms. The molecule has 0 radical (unpaired) electrons. The standard InChI is InChI=1S/C27H26N4O7/c1-16-13-22(23(31(35)36)14-17(16)2)28-24(32)15-30-25(33)27(29-26(30)34,18-5-9-20(37-3)10-6-18)19-7-11-21(38-4)12-8-19/h5-14H,15H2,1-4H3,(H,28,32)(H,29,34). The van der Waals surface area contributed by atoms with Crippen LogP contribution in [0, 0.1) is 24.0 Å². The van der Waals surface area contributed by atoms with Gasteiger partial charge in [0.05, 0.1) is 19.1 Å². The van der Waals surface area contributed by atoms with Crippen molar-refractivity contribution in [1.82, 2.24) is 10.2 Å². The fraction of sp³-hybridized carbons (Fsp3) is 0.222. The van der Waals surface area contributed by atoms with Crippen molar-refractivity contribution in [3.63, 3.8) is 0 Å². The molecule has 3 aromatic rings. The minimum absolute atomic E-state index is 0.0215. The van der Waals surface area contributed by atoms with Crippen LogP contribution in [0.4, 0.5) is 16.2 Å². The Morgan fingerprint density at radius 3 is 1.92 bits per heavy atom. The average molecular weight is 519 g/mol. The summed E-state index contributed by atoms with van der Waals surface area (Å²) in [5.74, 6) is -0.328. The molecule has 0 unspecified atom stereocenters. The first-order chi connectivity index (χ1) is 18.1. The highest BCUT2D eigenvalue weighted by Gasteiger charge is 2.54. The average Bonchev–Trinajstić information content (AvgIpc) is 3.16. The van der Waals surface area contributed by atoms with Crippen molar-refractivity contribution < 1.29 is 28.8 Å². The molecule has 0 atom stereocenters. The van der Waals surface area contributed by atoms with Crippen molar-refractivity contribution in [2.45, 2.75) is 19.4 Å². The van der Waals surface area contributed by atoms with Gasteiger partial charge in [-0.3, -0.25) is 24.6 Å². The second-order valence-corrected chi connectivity index (χ2v) is 8.79. The molecule has 4 rings (SSSR count). The molecular weight excluding hydrogens is 492 g/mol. The lowest BCUT2D eigenvalue weighted by atomic mass is 9.82. The number of nitrogens with zero attached hydrogens (tertiary/aromatic N) is 2. The molecule has 0 bridgehead atoms. The summed E-state index contributed by atoms with van der Waals surface area (Å²) in [6, 6.07) is 15.3. The van der Waals surface area contributed by atoms with Crippen molar-refractivity contribution in [2.24, 2.45) is 0 Å². The van der Waals surface area contributed by atoms with Crippen LogP contribution >= 0.6 is 0 Å². The van der Waals surface area contributed by atoms with Gasteiger partial charge in [-0.25, -0.2) is 4.79 Å². The third kappa shape index (κ3) is 4.61. The van der Waals surface area contributed by atoms with Crippen LogP contribution in [0.3, 0.4) is 0 Å². The van der Waals surface area contributed by atoms with Crippen molar-refractivity contribution in [1.29, 1.82) is 0 Å². The lowest BCUT2D eigenvalue weighted by Gasteiger charge is -2.28. The van der Waals surface area contributed by atoms with Crippen LogP contribution in [0.1, 0.15) is 22.3 Å². The van der Waals surface area contributed by atoms with E-state index in [2.05, 4.69) is 10.6 Å². The number of rotatable bonds is 8. The summed E-state index contributed by atoms with van der Waals surface area (Å²) in [7, 11) is 3.02. The predicted octanol–water partition coefficient (Wildman–Crippen LogP) is 3.66. The van der Waals surface area contributed by atoms with E-state index in [1.54, 1.807) is 62.4 Å². The molecule has 1 aliphatic heterocycles. The second kappa shape index (κ2) is 10.2. The van der Waals surface area contributed by atoms with E-state index in [4.69, 9.17) is 9.47 Å². The molecular formula is C27H26N4O7. The fourth-order valence-electron chi connectivity index (χ4n) is 4.35. The minimum atomic E-state index is -1.62. The zero-order valence-corrected chi connectivity index (χ0v) is 21.2. The molecule has 196 valence electrons. The number of amides is 4. The summed E-state index contributed by atoms with van der Waals surface area (Å²) < 4.78 is 10.4. The summed E-state index contributed by atoms with van der Waals surface area (Å²) in [5.41, 5.74) is 0.397. The van der Waals surface area contributed by atoms with Gasteiger partial charge >= 0.3 is 6.03 Å². The monoisotopic (exact) mass is 518 g/mol. The number of anilines is 1. The van der Waals surface area contributed by atoms with Crippen LogP contribution in [0.15, 0.2) is 60.7 Å². The molecule has 38 heavy (non-hydrogen) atoms. The van der Waals surface area contributed by atoms with Crippen LogP contribution in [0.25, 0.3) is 0 Å². The molecule has 11 nitrogen and oxygen atoms in total. The Labute approximate surface area is 218 Å². The number of imide groups is 1. The Morgan fingerprint density at radius 2 is 1.45 bits per heavy atom. The number of nitro groups is 1. The Bertz CT molecular complexity index is 1370. The SMILES string of the molecule is COc1ccc(C2(c3ccc(OC)cc3)NC(=O)N(CC(=O)Nc3cc(C)c(C)cc3[N+](=O)[O-])C2=O)cc1. The first-order valence-corrected chi connectivity index (χ1v) is 11.6. The highest BCUT2D eigenvalue weighted by molar-refractivity contribution is 6.12. The van der Waals surface area contributed by atoms with E-state index in [0.717, 1.165) is 10.5 Å². The van der Waals surface area contributed by atoms with E-state index in [-0.39, 0.29) is 11.4 Å². The number of carbonyl (C=O) groups is 3. The van der Waals surface area contributed by atoms with Gasteiger partial charge in [0.2, 0.25) is 5.91 Å². The van der Waals surface area contributed by atoms with Gasteiger partial charge in [0.25, 0.3) is 11.6 Å². The van der Waals surface area contributed by atoms with Crippen LogP contribution in [-0.2, 0) is 15.1 Å². The van der Waals surface area contributed by atoms with Crippen molar-refractivity contribution in [2.75, 3.05) is 26.1 Å². The minimum Gasteiger partial charge on any atom is -0.497 e. The normalized spacial score (nSPS) is 14.2. The number of aryl methyl sites for hydroxylation is 2. The molecule has 0 saturated carbocycles. The summed E-state index contributed by atoms with van der Waals surface area (Å²) in [5, 5.41) is 16.7. The van der Waals surface area contributed by atoms with E-state index < -0.39 is 34.9 Å². The first kappa shape index (κ1) is 26.1. The highest BCUT2D eigenvalue weighted by Crippen LogP contribution is 2.37. The van der Waals surface area contributed by atoms with Crippen LogP contribution in [-0.4, -0.2) is 48.4 Å². The predicted molar refractivity (Wildman–Crippen MR) is 138 cm³/mol.